The Bertz CT molecular complexity index is 749. The van der Waals surface area contributed by atoms with Gasteiger partial charge in [-0.15, -0.1) is 0 Å². The largest absolute Gasteiger partial charge is 0.427 e. The Morgan fingerprint density at radius 3 is 2.38 bits per heavy atom. The Labute approximate surface area is 162 Å². The quantitative estimate of drug-likeness (QED) is 0.528. The molecule has 7 heteroatoms. The van der Waals surface area contributed by atoms with E-state index in [1.165, 1.54) is 12.2 Å². The fourth-order valence-electron chi connectivity index (χ4n) is 2.50. The van der Waals surface area contributed by atoms with E-state index < -0.39 is 22.8 Å². The second-order valence-corrected chi connectivity index (χ2v) is 8.37. The number of halogens is 1. The molecule has 0 saturated heterocycles. The van der Waals surface area contributed by atoms with Gasteiger partial charge in [0.25, 0.3) is 5.91 Å². The van der Waals surface area contributed by atoms with Gasteiger partial charge in [-0.25, -0.2) is 9.90 Å². The van der Waals surface area contributed by atoms with E-state index in [-0.39, 0.29) is 18.1 Å². The van der Waals surface area contributed by atoms with Crippen LogP contribution < -0.4 is 0 Å². The first-order chi connectivity index (χ1) is 12.0. The third-order valence-corrected chi connectivity index (χ3v) is 4.63. The highest BCUT2D eigenvalue weighted by Crippen LogP contribution is 2.43. The van der Waals surface area contributed by atoms with Gasteiger partial charge in [-0.3, -0.25) is 9.59 Å². The van der Waals surface area contributed by atoms with Crippen LogP contribution in [-0.2, 0) is 23.9 Å². The number of carbonyl (C=O) groups excluding carboxylic acids is 2. The molecular weight excluding hydrogens is 402 g/mol. The van der Waals surface area contributed by atoms with Crippen LogP contribution in [0.3, 0.4) is 0 Å². The van der Waals surface area contributed by atoms with Gasteiger partial charge in [0.1, 0.15) is 11.3 Å². The number of hydrogen-bond acceptors (Lipinski definition) is 5. The minimum atomic E-state index is -0.985. The van der Waals surface area contributed by atoms with E-state index in [2.05, 4.69) is 15.9 Å². The van der Waals surface area contributed by atoms with Crippen LogP contribution in [0.25, 0.3) is 5.57 Å². The van der Waals surface area contributed by atoms with Gasteiger partial charge in [-0.2, -0.15) is 0 Å². The summed E-state index contributed by atoms with van der Waals surface area (Å²) in [6.07, 6.45) is 0. The number of hydroxylamine groups is 2. The van der Waals surface area contributed by atoms with E-state index in [4.69, 9.17) is 14.3 Å². The van der Waals surface area contributed by atoms with Crippen LogP contribution in [0.5, 0.6) is 0 Å². The highest BCUT2D eigenvalue weighted by Gasteiger charge is 2.50. The van der Waals surface area contributed by atoms with Gasteiger partial charge in [-0.05, 0) is 40.7 Å². The van der Waals surface area contributed by atoms with Gasteiger partial charge in [0.15, 0.2) is 6.79 Å². The summed E-state index contributed by atoms with van der Waals surface area (Å²) in [6.45, 7) is 8.70. The molecule has 1 amide bonds. The molecule has 0 bridgehead atoms. The van der Waals surface area contributed by atoms with E-state index in [0.29, 0.717) is 5.56 Å². The molecule has 2 rings (SSSR count). The molecule has 1 aliphatic rings. The molecule has 0 fully saturated rings. The summed E-state index contributed by atoms with van der Waals surface area (Å²) < 4.78 is 11.4. The number of ether oxygens (including phenoxy) is 2. The predicted molar refractivity (Wildman–Crippen MR) is 100 cm³/mol. The topological polar surface area (TPSA) is 65.1 Å². The normalized spacial score (nSPS) is 17.0. The molecule has 142 valence electrons. The number of rotatable bonds is 5. The van der Waals surface area contributed by atoms with Crippen molar-refractivity contribution in [3.8, 4) is 0 Å². The van der Waals surface area contributed by atoms with Gasteiger partial charge < -0.3 is 9.47 Å². The van der Waals surface area contributed by atoms with Gasteiger partial charge in [0, 0.05) is 17.1 Å². The van der Waals surface area contributed by atoms with Gasteiger partial charge in [0.05, 0.1) is 11.0 Å². The Hall–Kier alpha value is -1.70. The molecule has 1 heterocycles. The average Bonchev–Trinajstić information content (AvgIpc) is 2.72. The molecule has 1 aromatic carbocycles. The average molecular weight is 426 g/mol. The van der Waals surface area contributed by atoms with Crippen LogP contribution in [0.15, 0.2) is 34.5 Å². The van der Waals surface area contributed by atoms with Crippen molar-refractivity contribution in [2.45, 2.75) is 40.2 Å². The maximum atomic E-state index is 13.1. The fraction of sp³-hybridized carbons (Fsp3) is 0.474. The molecule has 26 heavy (non-hydrogen) atoms. The lowest BCUT2D eigenvalue weighted by Gasteiger charge is -2.32. The summed E-state index contributed by atoms with van der Waals surface area (Å²) in [5.41, 5.74) is -0.783. The monoisotopic (exact) mass is 425 g/mol. The lowest BCUT2D eigenvalue weighted by atomic mass is 9.96. The van der Waals surface area contributed by atoms with Crippen LogP contribution in [0.1, 0.15) is 40.2 Å². The molecule has 0 aliphatic carbocycles. The van der Waals surface area contributed by atoms with E-state index in [1.807, 2.05) is 18.2 Å². The van der Waals surface area contributed by atoms with Crippen molar-refractivity contribution in [3.63, 3.8) is 0 Å². The SMILES string of the molecule is COCON1C(=O)C(c2ccccc2Br)=C(OC(=O)C(C)(C)C)C1(C)C. The van der Waals surface area contributed by atoms with Crippen LogP contribution in [0.4, 0.5) is 0 Å². The van der Waals surface area contributed by atoms with Crippen molar-refractivity contribution < 1.29 is 23.9 Å². The third kappa shape index (κ3) is 3.84. The molecular formula is C19H24BrNO5. The summed E-state index contributed by atoms with van der Waals surface area (Å²) in [5, 5.41) is 1.19. The van der Waals surface area contributed by atoms with E-state index in [0.717, 1.165) is 4.47 Å². The lowest BCUT2D eigenvalue weighted by molar-refractivity contribution is -0.239. The van der Waals surface area contributed by atoms with Crippen LogP contribution in [0.2, 0.25) is 0 Å². The molecule has 0 spiro atoms. The van der Waals surface area contributed by atoms with Crippen molar-refractivity contribution in [1.29, 1.82) is 0 Å². The van der Waals surface area contributed by atoms with Gasteiger partial charge in [0.2, 0.25) is 0 Å². The minimum absolute atomic E-state index is 0.0983. The van der Waals surface area contributed by atoms with Crippen molar-refractivity contribution in [2.24, 2.45) is 5.41 Å². The number of nitrogens with zero attached hydrogens (tertiary/aromatic N) is 1. The summed E-state index contributed by atoms with van der Waals surface area (Å²) in [4.78, 5) is 31.1. The predicted octanol–water partition coefficient (Wildman–Crippen LogP) is 3.91. The molecule has 6 nitrogen and oxygen atoms in total. The Morgan fingerprint density at radius 2 is 1.85 bits per heavy atom. The molecule has 1 aromatic rings. The first kappa shape index (κ1) is 20.6. The van der Waals surface area contributed by atoms with Gasteiger partial charge >= 0.3 is 5.97 Å². The fourth-order valence-corrected chi connectivity index (χ4v) is 2.98. The van der Waals surface area contributed by atoms with E-state index in [1.54, 1.807) is 40.7 Å². The molecule has 0 aromatic heterocycles. The second-order valence-electron chi connectivity index (χ2n) is 7.52. The Balaban J connectivity index is 2.60. The zero-order valence-corrected chi connectivity index (χ0v) is 17.5. The molecule has 1 aliphatic heterocycles. The van der Waals surface area contributed by atoms with Crippen molar-refractivity contribution in [3.05, 3.63) is 40.1 Å². The summed E-state index contributed by atoms with van der Waals surface area (Å²) >= 11 is 3.47. The zero-order chi connectivity index (χ0) is 19.7. The third-order valence-electron chi connectivity index (χ3n) is 3.94. The molecule has 0 unspecified atom stereocenters. The lowest BCUT2D eigenvalue weighted by Crippen LogP contribution is -2.45. The first-order valence-corrected chi connectivity index (χ1v) is 8.99. The first-order valence-electron chi connectivity index (χ1n) is 8.20. The minimum Gasteiger partial charge on any atom is -0.427 e. The van der Waals surface area contributed by atoms with E-state index >= 15 is 0 Å². The second kappa shape index (κ2) is 7.50. The molecule has 0 N–H and O–H groups in total. The summed E-state index contributed by atoms with van der Waals surface area (Å²) in [6, 6.07) is 7.27. The molecule has 0 radical (unpaired) electrons. The van der Waals surface area contributed by atoms with Crippen molar-refractivity contribution in [1.82, 2.24) is 5.06 Å². The highest BCUT2D eigenvalue weighted by atomic mass is 79.9. The van der Waals surface area contributed by atoms with Crippen LogP contribution >= 0.6 is 15.9 Å². The maximum Gasteiger partial charge on any atom is 0.316 e. The Kier molecular flexibility index (Phi) is 5.95. The molecule has 0 saturated carbocycles. The van der Waals surface area contributed by atoms with Crippen LogP contribution in [0, 0.1) is 5.41 Å². The number of benzene rings is 1. The number of esters is 1. The number of methoxy groups -OCH3 is 1. The van der Waals surface area contributed by atoms with Crippen molar-refractivity contribution in [2.75, 3.05) is 13.9 Å². The number of amides is 1. The summed E-state index contributed by atoms with van der Waals surface area (Å²) in [7, 11) is 1.47. The summed E-state index contributed by atoms with van der Waals surface area (Å²) in [5.74, 6) is -0.562. The standard InChI is InChI=1S/C19H24BrNO5/c1-18(2,3)17(23)26-15-14(12-9-7-8-10-13(12)20)16(22)21(19(15,4)5)25-11-24-6/h7-10H,11H2,1-6H3. The highest BCUT2D eigenvalue weighted by molar-refractivity contribution is 9.10. The van der Waals surface area contributed by atoms with Gasteiger partial charge in [-0.1, -0.05) is 34.1 Å². The van der Waals surface area contributed by atoms with Crippen LogP contribution in [-0.4, -0.2) is 36.4 Å². The maximum absolute atomic E-state index is 13.1. The zero-order valence-electron chi connectivity index (χ0n) is 15.9. The van der Waals surface area contributed by atoms with Crippen molar-refractivity contribution >= 4 is 33.4 Å². The number of carbonyl (C=O) groups is 2. The Morgan fingerprint density at radius 1 is 1.23 bits per heavy atom. The smallest absolute Gasteiger partial charge is 0.316 e. The molecule has 0 atom stereocenters. The number of hydrogen-bond donors (Lipinski definition) is 0. The van der Waals surface area contributed by atoms with E-state index in [9.17, 15) is 9.59 Å².